The number of aromatic nitrogens is 2. The number of fused-ring (bicyclic) bond motifs is 1. The van der Waals surface area contributed by atoms with Crippen LogP contribution < -0.4 is 4.90 Å². The van der Waals surface area contributed by atoms with Gasteiger partial charge in [0.1, 0.15) is 17.3 Å². The minimum absolute atomic E-state index is 0.372. The summed E-state index contributed by atoms with van der Waals surface area (Å²) in [6, 6.07) is 0.466. The van der Waals surface area contributed by atoms with Crippen molar-refractivity contribution in [3.63, 3.8) is 0 Å². The van der Waals surface area contributed by atoms with E-state index in [4.69, 9.17) is 16.3 Å². The van der Waals surface area contributed by atoms with Crippen LogP contribution in [0.3, 0.4) is 0 Å². The van der Waals surface area contributed by atoms with Gasteiger partial charge in [-0.25, -0.2) is 9.97 Å². The molecule has 2 fully saturated rings. The van der Waals surface area contributed by atoms with Crippen LogP contribution in [0.2, 0.25) is 5.15 Å². The Kier molecular flexibility index (Phi) is 2.92. The van der Waals surface area contributed by atoms with Crippen LogP contribution in [0.15, 0.2) is 6.33 Å². The molecule has 0 aromatic carbocycles. The predicted octanol–water partition coefficient (Wildman–Crippen LogP) is 2.20. The van der Waals surface area contributed by atoms with E-state index in [9.17, 15) is 0 Å². The smallest absolute Gasteiger partial charge is 0.137 e. The van der Waals surface area contributed by atoms with Gasteiger partial charge in [-0.05, 0) is 26.2 Å². The lowest BCUT2D eigenvalue weighted by Gasteiger charge is -2.39. The van der Waals surface area contributed by atoms with E-state index in [2.05, 4.69) is 14.9 Å². The Labute approximate surface area is 106 Å². The van der Waals surface area contributed by atoms with Crippen molar-refractivity contribution in [2.75, 3.05) is 18.1 Å². The number of anilines is 1. The second kappa shape index (κ2) is 4.42. The topological polar surface area (TPSA) is 38.2 Å². The van der Waals surface area contributed by atoms with Crippen molar-refractivity contribution in [2.45, 2.75) is 38.3 Å². The molecule has 2 unspecified atom stereocenters. The van der Waals surface area contributed by atoms with Gasteiger partial charge in [0.05, 0.1) is 18.8 Å². The Bertz CT molecular complexity index is 426. The van der Waals surface area contributed by atoms with Crippen LogP contribution in [-0.2, 0) is 4.74 Å². The van der Waals surface area contributed by atoms with E-state index in [1.165, 1.54) is 19.3 Å². The third-order valence-electron chi connectivity index (χ3n) is 3.75. The van der Waals surface area contributed by atoms with Crippen LogP contribution in [0.1, 0.15) is 24.8 Å². The van der Waals surface area contributed by atoms with Crippen molar-refractivity contribution < 1.29 is 4.74 Å². The zero-order chi connectivity index (χ0) is 11.8. The Balaban J connectivity index is 1.94. The monoisotopic (exact) mass is 253 g/mol. The first-order valence-electron chi connectivity index (χ1n) is 6.12. The number of hydrogen-bond acceptors (Lipinski definition) is 4. The molecule has 0 spiro atoms. The molecule has 5 heteroatoms. The SMILES string of the molecule is Cc1c(Cl)ncnc1N1CCOC2CCCC21. The predicted molar refractivity (Wildman–Crippen MR) is 66.5 cm³/mol. The highest BCUT2D eigenvalue weighted by molar-refractivity contribution is 6.30. The van der Waals surface area contributed by atoms with Crippen LogP contribution in [0.25, 0.3) is 0 Å². The third kappa shape index (κ3) is 1.89. The lowest BCUT2D eigenvalue weighted by Crippen LogP contribution is -2.49. The first-order valence-corrected chi connectivity index (χ1v) is 6.50. The largest absolute Gasteiger partial charge is 0.374 e. The first kappa shape index (κ1) is 11.2. The van der Waals surface area contributed by atoms with Crippen LogP contribution in [0, 0.1) is 6.92 Å². The van der Waals surface area contributed by atoms with E-state index >= 15 is 0 Å². The molecule has 1 aromatic heterocycles. The molecular weight excluding hydrogens is 238 g/mol. The number of morpholine rings is 1. The van der Waals surface area contributed by atoms with Crippen LogP contribution >= 0.6 is 11.6 Å². The number of hydrogen-bond donors (Lipinski definition) is 0. The van der Waals surface area contributed by atoms with Gasteiger partial charge < -0.3 is 9.64 Å². The molecular formula is C12H16ClN3O. The van der Waals surface area contributed by atoms with Gasteiger partial charge in [-0.2, -0.15) is 0 Å². The molecule has 1 saturated heterocycles. The van der Waals surface area contributed by atoms with Gasteiger partial charge in [-0.15, -0.1) is 0 Å². The molecule has 1 aliphatic heterocycles. The second-order valence-corrected chi connectivity index (χ2v) is 5.07. The third-order valence-corrected chi connectivity index (χ3v) is 4.13. The van der Waals surface area contributed by atoms with E-state index in [0.29, 0.717) is 17.3 Å². The Morgan fingerprint density at radius 3 is 3.18 bits per heavy atom. The molecule has 92 valence electrons. The van der Waals surface area contributed by atoms with E-state index in [0.717, 1.165) is 24.5 Å². The molecule has 1 aliphatic carbocycles. The van der Waals surface area contributed by atoms with Gasteiger partial charge in [0.25, 0.3) is 0 Å². The molecule has 4 nitrogen and oxygen atoms in total. The van der Waals surface area contributed by atoms with Crippen LogP contribution in [0.5, 0.6) is 0 Å². The second-order valence-electron chi connectivity index (χ2n) is 4.71. The molecule has 2 heterocycles. The maximum absolute atomic E-state index is 6.07. The van der Waals surface area contributed by atoms with Gasteiger partial charge >= 0.3 is 0 Å². The van der Waals surface area contributed by atoms with Crippen molar-refractivity contribution in [2.24, 2.45) is 0 Å². The average Bonchev–Trinajstić information content (AvgIpc) is 2.81. The lowest BCUT2D eigenvalue weighted by molar-refractivity contribution is 0.0252. The van der Waals surface area contributed by atoms with E-state index in [1.807, 2.05) is 6.92 Å². The first-order chi connectivity index (χ1) is 8.27. The van der Waals surface area contributed by atoms with E-state index in [1.54, 1.807) is 6.33 Å². The molecule has 0 bridgehead atoms. The molecule has 0 amide bonds. The highest BCUT2D eigenvalue weighted by atomic mass is 35.5. The van der Waals surface area contributed by atoms with Gasteiger partial charge in [0.2, 0.25) is 0 Å². The van der Waals surface area contributed by atoms with Crippen molar-refractivity contribution in [3.05, 3.63) is 17.0 Å². The van der Waals surface area contributed by atoms with Gasteiger partial charge in [-0.1, -0.05) is 11.6 Å². The summed E-state index contributed by atoms with van der Waals surface area (Å²) in [5.41, 5.74) is 0.974. The number of nitrogens with zero attached hydrogens (tertiary/aromatic N) is 3. The normalized spacial score (nSPS) is 28.2. The molecule has 3 rings (SSSR count). The summed E-state index contributed by atoms with van der Waals surface area (Å²) in [5, 5.41) is 0.552. The van der Waals surface area contributed by atoms with Crippen LogP contribution in [-0.4, -0.2) is 35.3 Å². The Hall–Kier alpha value is -0.870. The summed E-state index contributed by atoms with van der Waals surface area (Å²) in [6.07, 6.45) is 5.51. The zero-order valence-electron chi connectivity index (χ0n) is 9.90. The fraction of sp³-hybridized carbons (Fsp3) is 0.667. The summed E-state index contributed by atoms with van der Waals surface area (Å²) >= 11 is 6.07. The summed E-state index contributed by atoms with van der Waals surface area (Å²) in [4.78, 5) is 10.8. The molecule has 1 aromatic rings. The van der Waals surface area contributed by atoms with Crippen molar-refractivity contribution in [1.29, 1.82) is 0 Å². The number of rotatable bonds is 1. The number of halogens is 1. The highest BCUT2D eigenvalue weighted by Gasteiger charge is 2.37. The minimum Gasteiger partial charge on any atom is -0.374 e. The quantitative estimate of drug-likeness (QED) is 0.720. The van der Waals surface area contributed by atoms with Crippen LogP contribution in [0.4, 0.5) is 5.82 Å². The Morgan fingerprint density at radius 1 is 1.41 bits per heavy atom. The maximum Gasteiger partial charge on any atom is 0.137 e. The summed E-state index contributed by atoms with van der Waals surface area (Å²) in [5.74, 6) is 0.977. The minimum atomic E-state index is 0.372. The summed E-state index contributed by atoms with van der Waals surface area (Å²) < 4.78 is 5.81. The maximum atomic E-state index is 6.07. The van der Waals surface area contributed by atoms with Gasteiger partial charge in [0.15, 0.2) is 0 Å². The molecule has 17 heavy (non-hydrogen) atoms. The van der Waals surface area contributed by atoms with Crippen molar-refractivity contribution in [3.8, 4) is 0 Å². The lowest BCUT2D eigenvalue weighted by atomic mass is 10.1. The van der Waals surface area contributed by atoms with Gasteiger partial charge in [0, 0.05) is 12.1 Å². The summed E-state index contributed by atoms with van der Waals surface area (Å²) in [6.45, 7) is 3.66. The standard InChI is InChI=1S/C12H16ClN3O/c1-8-11(13)14-7-15-12(8)16-5-6-17-10-4-2-3-9(10)16/h7,9-10H,2-6H2,1H3. The fourth-order valence-corrected chi connectivity index (χ4v) is 3.03. The van der Waals surface area contributed by atoms with Crippen molar-refractivity contribution >= 4 is 17.4 Å². The zero-order valence-corrected chi connectivity index (χ0v) is 10.7. The average molecular weight is 254 g/mol. The molecule has 0 N–H and O–H groups in total. The van der Waals surface area contributed by atoms with E-state index < -0.39 is 0 Å². The molecule has 2 aliphatic rings. The van der Waals surface area contributed by atoms with Gasteiger partial charge in [-0.3, -0.25) is 0 Å². The van der Waals surface area contributed by atoms with E-state index in [-0.39, 0.29) is 0 Å². The summed E-state index contributed by atoms with van der Waals surface area (Å²) in [7, 11) is 0. The molecule has 2 atom stereocenters. The Morgan fingerprint density at radius 2 is 2.29 bits per heavy atom. The number of ether oxygens (including phenoxy) is 1. The molecule has 0 radical (unpaired) electrons. The van der Waals surface area contributed by atoms with Crippen molar-refractivity contribution in [1.82, 2.24) is 9.97 Å². The fourth-order valence-electron chi connectivity index (χ4n) is 2.90. The highest BCUT2D eigenvalue weighted by Crippen LogP contribution is 2.34. The molecule has 1 saturated carbocycles.